The number of benzene rings is 1. The third kappa shape index (κ3) is 2.31. The van der Waals surface area contributed by atoms with Gasteiger partial charge in [0.15, 0.2) is 0 Å². The average molecular weight is 221 g/mol. The molecule has 0 saturated carbocycles. The molecular formula is C12H12FNO2. The lowest BCUT2D eigenvalue weighted by Crippen LogP contribution is -2.26. The number of halogens is 1. The van der Waals surface area contributed by atoms with Crippen LogP contribution in [0.15, 0.2) is 18.2 Å². The van der Waals surface area contributed by atoms with Gasteiger partial charge >= 0.3 is 0 Å². The fourth-order valence-electron chi connectivity index (χ4n) is 1.68. The minimum Gasteiger partial charge on any atom is -0.489 e. The average Bonchev–Trinajstić information content (AvgIpc) is 2.31. The molecule has 1 aliphatic rings. The highest BCUT2D eigenvalue weighted by atomic mass is 19.1. The van der Waals surface area contributed by atoms with Crippen LogP contribution < -0.4 is 4.74 Å². The normalized spacial score (nSPS) is 16.8. The molecule has 0 unspecified atom stereocenters. The van der Waals surface area contributed by atoms with Crippen molar-refractivity contribution in [2.45, 2.75) is 18.9 Å². The van der Waals surface area contributed by atoms with Gasteiger partial charge in [0.25, 0.3) is 0 Å². The molecule has 3 nitrogen and oxygen atoms in total. The van der Waals surface area contributed by atoms with E-state index < -0.39 is 5.82 Å². The SMILES string of the molecule is N#Cc1c(F)cccc1OC1CCOCC1. The highest BCUT2D eigenvalue weighted by Gasteiger charge is 2.18. The van der Waals surface area contributed by atoms with Gasteiger partial charge in [0, 0.05) is 12.8 Å². The van der Waals surface area contributed by atoms with Gasteiger partial charge in [-0.3, -0.25) is 0 Å². The number of hydrogen-bond acceptors (Lipinski definition) is 3. The molecule has 1 fully saturated rings. The third-order valence-corrected chi connectivity index (χ3v) is 2.55. The number of ether oxygens (including phenoxy) is 2. The maximum Gasteiger partial charge on any atom is 0.144 e. The molecule has 1 aromatic carbocycles. The van der Waals surface area contributed by atoms with Crippen molar-refractivity contribution < 1.29 is 13.9 Å². The summed E-state index contributed by atoms with van der Waals surface area (Å²) >= 11 is 0. The molecule has 0 atom stereocenters. The predicted octanol–water partition coefficient (Wildman–Crippen LogP) is 2.26. The Morgan fingerprint density at radius 3 is 2.81 bits per heavy atom. The molecule has 4 heteroatoms. The zero-order valence-corrected chi connectivity index (χ0v) is 8.78. The minimum absolute atomic E-state index is 0.0163. The summed E-state index contributed by atoms with van der Waals surface area (Å²) in [6.45, 7) is 1.31. The van der Waals surface area contributed by atoms with Crippen molar-refractivity contribution in [2.75, 3.05) is 13.2 Å². The van der Waals surface area contributed by atoms with Crippen molar-refractivity contribution in [3.05, 3.63) is 29.6 Å². The quantitative estimate of drug-likeness (QED) is 0.769. The van der Waals surface area contributed by atoms with Crippen molar-refractivity contribution >= 4 is 0 Å². The summed E-state index contributed by atoms with van der Waals surface area (Å²) in [5, 5.41) is 8.83. The van der Waals surface area contributed by atoms with Crippen LogP contribution in [-0.2, 0) is 4.74 Å². The second-order valence-electron chi connectivity index (χ2n) is 3.65. The van der Waals surface area contributed by atoms with Crippen LogP contribution in [-0.4, -0.2) is 19.3 Å². The van der Waals surface area contributed by atoms with E-state index in [9.17, 15) is 4.39 Å². The van der Waals surface area contributed by atoms with Crippen LogP contribution in [0, 0.1) is 17.1 Å². The maximum atomic E-state index is 13.3. The highest BCUT2D eigenvalue weighted by molar-refractivity contribution is 5.43. The Balaban J connectivity index is 2.14. The summed E-state index contributed by atoms with van der Waals surface area (Å²) in [7, 11) is 0. The lowest BCUT2D eigenvalue weighted by atomic mass is 10.1. The lowest BCUT2D eigenvalue weighted by Gasteiger charge is -2.23. The summed E-state index contributed by atoms with van der Waals surface area (Å²) in [6, 6.07) is 6.25. The van der Waals surface area contributed by atoms with E-state index in [1.165, 1.54) is 6.07 Å². The minimum atomic E-state index is -0.535. The molecule has 0 aliphatic carbocycles. The van der Waals surface area contributed by atoms with Crippen LogP contribution in [0.2, 0.25) is 0 Å². The maximum absolute atomic E-state index is 13.3. The van der Waals surface area contributed by atoms with E-state index in [1.54, 1.807) is 12.1 Å². The first-order valence-corrected chi connectivity index (χ1v) is 5.24. The van der Waals surface area contributed by atoms with Gasteiger partial charge in [0.05, 0.1) is 13.2 Å². The first-order valence-electron chi connectivity index (χ1n) is 5.24. The Hall–Kier alpha value is -1.60. The van der Waals surface area contributed by atoms with Gasteiger partial charge in [-0.05, 0) is 12.1 Å². The van der Waals surface area contributed by atoms with E-state index in [1.807, 2.05) is 6.07 Å². The van der Waals surface area contributed by atoms with Crippen LogP contribution >= 0.6 is 0 Å². The van der Waals surface area contributed by atoms with Gasteiger partial charge in [-0.25, -0.2) is 4.39 Å². The molecule has 16 heavy (non-hydrogen) atoms. The number of nitriles is 1. The Morgan fingerprint density at radius 1 is 1.38 bits per heavy atom. The van der Waals surface area contributed by atoms with Gasteiger partial charge in [-0.15, -0.1) is 0 Å². The second-order valence-corrected chi connectivity index (χ2v) is 3.65. The third-order valence-electron chi connectivity index (χ3n) is 2.55. The zero-order chi connectivity index (χ0) is 11.4. The number of hydrogen-bond donors (Lipinski definition) is 0. The van der Waals surface area contributed by atoms with Gasteiger partial charge in [0.2, 0.25) is 0 Å². The van der Waals surface area contributed by atoms with E-state index in [0.717, 1.165) is 12.8 Å². The molecule has 0 amide bonds. The Morgan fingerprint density at radius 2 is 2.12 bits per heavy atom. The van der Waals surface area contributed by atoms with E-state index >= 15 is 0 Å². The van der Waals surface area contributed by atoms with Crippen LogP contribution in [0.5, 0.6) is 5.75 Å². The van der Waals surface area contributed by atoms with Crippen LogP contribution in [0.3, 0.4) is 0 Å². The molecule has 84 valence electrons. The fraction of sp³-hybridized carbons (Fsp3) is 0.417. The molecule has 0 spiro atoms. The van der Waals surface area contributed by atoms with Crippen molar-refractivity contribution in [3.63, 3.8) is 0 Å². The van der Waals surface area contributed by atoms with Gasteiger partial charge < -0.3 is 9.47 Å². The molecule has 1 aliphatic heterocycles. The monoisotopic (exact) mass is 221 g/mol. The largest absolute Gasteiger partial charge is 0.489 e. The molecule has 0 N–H and O–H groups in total. The zero-order valence-electron chi connectivity index (χ0n) is 8.78. The van der Waals surface area contributed by atoms with Gasteiger partial charge in [-0.1, -0.05) is 6.07 Å². The van der Waals surface area contributed by atoms with Gasteiger partial charge in [-0.2, -0.15) is 5.26 Å². The summed E-state index contributed by atoms with van der Waals surface area (Å²) < 4.78 is 24.1. The van der Waals surface area contributed by atoms with Crippen molar-refractivity contribution in [2.24, 2.45) is 0 Å². The molecular weight excluding hydrogens is 209 g/mol. The van der Waals surface area contributed by atoms with Crippen LogP contribution in [0.4, 0.5) is 4.39 Å². The summed E-state index contributed by atoms with van der Waals surface area (Å²) in [6.07, 6.45) is 1.57. The smallest absolute Gasteiger partial charge is 0.144 e. The van der Waals surface area contributed by atoms with Crippen LogP contribution in [0.25, 0.3) is 0 Å². The molecule has 0 bridgehead atoms. The van der Waals surface area contributed by atoms with E-state index in [0.29, 0.717) is 19.0 Å². The molecule has 1 heterocycles. The first-order chi connectivity index (χ1) is 7.81. The lowest BCUT2D eigenvalue weighted by molar-refractivity contribution is 0.0253. The first kappa shape index (κ1) is 10.9. The summed E-state index contributed by atoms with van der Waals surface area (Å²) in [4.78, 5) is 0. The van der Waals surface area contributed by atoms with Crippen molar-refractivity contribution in [1.82, 2.24) is 0 Å². The molecule has 2 rings (SSSR count). The molecule has 1 aromatic rings. The summed E-state index contributed by atoms with van der Waals surface area (Å²) in [5.74, 6) is -0.207. The van der Waals surface area contributed by atoms with E-state index in [2.05, 4.69) is 0 Å². The summed E-state index contributed by atoms with van der Waals surface area (Å²) in [5.41, 5.74) is -0.0195. The Kier molecular flexibility index (Phi) is 3.37. The predicted molar refractivity (Wildman–Crippen MR) is 55.6 cm³/mol. The highest BCUT2D eigenvalue weighted by Crippen LogP contribution is 2.23. The topological polar surface area (TPSA) is 42.2 Å². The van der Waals surface area contributed by atoms with Crippen LogP contribution in [0.1, 0.15) is 18.4 Å². The number of rotatable bonds is 2. The number of nitrogens with zero attached hydrogens (tertiary/aromatic N) is 1. The van der Waals surface area contributed by atoms with Crippen molar-refractivity contribution in [1.29, 1.82) is 5.26 Å². The Labute approximate surface area is 93.4 Å². The second kappa shape index (κ2) is 4.95. The van der Waals surface area contributed by atoms with Gasteiger partial charge in [0.1, 0.15) is 29.3 Å². The molecule has 0 aromatic heterocycles. The van der Waals surface area contributed by atoms with E-state index in [-0.39, 0.29) is 11.7 Å². The standard InChI is InChI=1S/C12H12FNO2/c13-11-2-1-3-12(10(11)8-14)16-9-4-6-15-7-5-9/h1-3,9H,4-7H2. The molecule has 1 saturated heterocycles. The molecule has 0 radical (unpaired) electrons. The fourth-order valence-corrected chi connectivity index (χ4v) is 1.68. The van der Waals surface area contributed by atoms with E-state index in [4.69, 9.17) is 14.7 Å². The Bertz CT molecular complexity index is 408. The van der Waals surface area contributed by atoms with Crippen molar-refractivity contribution in [3.8, 4) is 11.8 Å².